The second-order valence-corrected chi connectivity index (χ2v) is 8.47. The Morgan fingerprint density at radius 2 is 2.25 bits per heavy atom. The molecule has 1 aliphatic rings. The molecule has 126 valence electrons. The quantitative estimate of drug-likeness (QED) is 0.771. The largest absolute Gasteiger partial charge is 0.355 e. The van der Waals surface area contributed by atoms with E-state index in [0.29, 0.717) is 28.8 Å². The average Bonchev–Trinajstić information content (AvgIpc) is 3.22. The maximum Gasteiger partial charge on any atom is 0.238 e. The van der Waals surface area contributed by atoms with E-state index in [-0.39, 0.29) is 11.7 Å². The van der Waals surface area contributed by atoms with Gasteiger partial charge in [-0.3, -0.25) is 14.5 Å². The predicted octanol–water partition coefficient (Wildman–Crippen LogP) is 3.94. The molecule has 1 fully saturated rings. The summed E-state index contributed by atoms with van der Waals surface area (Å²) in [7, 11) is 0. The van der Waals surface area contributed by atoms with Gasteiger partial charge in [0, 0.05) is 17.6 Å². The molecule has 1 aliphatic heterocycles. The van der Waals surface area contributed by atoms with Crippen LogP contribution in [0.5, 0.6) is 0 Å². The molecule has 1 amide bonds. The number of carbonyl (C=O) groups excluding carboxylic acids is 2. The van der Waals surface area contributed by atoms with Crippen LogP contribution in [0.4, 0.5) is 0 Å². The standard InChI is InChI=1S/C17H18N2O3S2/c1-17(2,3)14(20)8-16-19(15(21)10-24-16)9-11-7-12(22-18-11)13-5-4-6-23-13/h4-8H,9-10H2,1-3H3/b16-8-. The Bertz CT molecular complexity index is 785. The van der Waals surface area contributed by atoms with Gasteiger partial charge >= 0.3 is 0 Å². The fraction of sp³-hybridized carbons (Fsp3) is 0.353. The summed E-state index contributed by atoms with van der Waals surface area (Å²) in [6, 6.07) is 5.74. The minimum Gasteiger partial charge on any atom is -0.355 e. The Labute approximate surface area is 148 Å². The van der Waals surface area contributed by atoms with E-state index in [4.69, 9.17) is 4.52 Å². The molecule has 0 unspecified atom stereocenters. The average molecular weight is 362 g/mol. The van der Waals surface area contributed by atoms with Crippen molar-refractivity contribution in [2.45, 2.75) is 27.3 Å². The van der Waals surface area contributed by atoms with E-state index in [0.717, 1.165) is 4.88 Å². The first-order valence-corrected chi connectivity index (χ1v) is 9.40. The van der Waals surface area contributed by atoms with E-state index < -0.39 is 5.41 Å². The predicted molar refractivity (Wildman–Crippen MR) is 95.4 cm³/mol. The molecule has 2 aromatic rings. The molecule has 24 heavy (non-hydrogen) atoms. The van der Waals surface area contributed by atoms with Crippen molar-refractivity contribution in [2.24, 2.45) is 5.41 Å². The van der Waals surface area contributed by atoms with Crippen molar-refractivity contribution >= 4 is 34.8 Å². The van der Waals surface area contributed by atoms with Crippen molar-refractivity contribution in [3.8, 4) is 10.6 Å². The highest BCUT2D eigenvalue weighted by Crippen LogP contribution is 2.32. The maximum atomic E-state index is 12.2. The molecule has 5 nitrogen and oxygen atoms in total. The second-order valence-electron chi connectivity index (χ2n) is 6.53. The number of amides is 1. The highest BCUT2D eigenvalue weighted by atomic mass is 32.2. The van der Waals surface area contributed by atoms with Crippen LogP contribution in [0.3, 0.4) is 0 Å². The molecule has 7 heteroatoms. The summed E-state index contributed by atoms with van der Waals surface area (Å²) < 4.78 is 5.35. The number of aromatic nitrogens is 1. The first kappa shape index (κ1) is 17.0. The van der Waals surface area contributed by atoms with Gasteiger partial charge in [0.05, 0.1) is 22.2 Å². The molecular weight excluding hydrogens is 344 g/mol. The van der Waals surface area contributed by atoms with Gasteiger partial charge in [0.15, 0.2) is 11.5 Å². The summed E-state index contributed by atoms with van der Waals surface area (Å²) in [5, 5.41) is 6.70. The first-order chi connectivity index (χ1) is 11.3. The Kier molecular flexibility index (Phi) is 4.64. The molecule has 2 aromatic heterocycles. The number of carbonyl (C=O) groups is 2. The van der Waals surface area contributed by atoms with Crippen molar-refractivity contribution in [1.29, 1.82) is 0 Å². The molecule has 1 saturated heterocycles. The van der Waals surface area contributed by atoms with Gasteiger partial charge in [-0.2, -0.15) is 0 Å². The number of hydrogen-bond acceptors (Lipinski definition) is 6. The minimum absolute atomic E-state index is 0.00382. The van der Waals surface area contributed by atoms with Gasteiger partial charge in [0.2, 0.25) is 5.91 Å². The van der Waals surface area contributed by atoms with Crippen LogP contribution in [0.1, 0.15) is 26.5 Å². The maximum absolute atomic E-state index is 12.2. The van der Waals surface area contributed by atoms with E-state index in [1.807, 2.05) is 44.4 Å². The van der Waals surface area contributed by atoms with Crippen molar-refractivity contribution in [3.05, 3.63) is 40.4 Å². The zero-order chi connectivity index (χ0) is 17.3. The lowest BCUT2D eigenvalue weighted by molar-refractivity contribution is -0.125. The lowest BCUT2D eigenvalue weighted by Crippen LogP contribution is -2.26. The van der Waals surface area contributed by atoms with E-state index in [2.05, 4.69) is 5.16 Å². The second kappa shape index (κ2) is 6.57. The van der Waals surface area contributed by atoms with Crippen LogP contribution >= 0.6 is 23.1 Å². The Balaban J connectivity index is 1.78. The fourth-order valence-corrected chi connectivity index (χ4v) is 3.72. The first-order valence-electron chi connectivity index (χ1n) is 7.53. The molecule has 0 spiro atoms. The van der Waals surface area contributed by atoms with Crippen LogP contribution < -0.4 is 0 Å². The van der Waals surface area contributed by atoms with Crippen LogP contribution in [0, 0.1) is 5.41 Å². The summed E-state index contributed by atoms with van der Waals surface area (Å²) in [5.74, 6) is 1.02. The van der Waals surface area contributed by atoms with E-state index in [1.165, 1.54) is 11.8 Å². The Morgan fingerprint density at radius 3 is 2.92 bits per heavy atom. The van der Waals surface area contributed by atoms with Gasteiger partial charge in [-0.1, -0.05) is 43.8 Å². The third-order valence-corrected chi connectivity index (χ3v) is 5.46. The number of thioether (sulfide) groups is 1. The van der Waals surface area contributed by atoms with Crippen LogP contribution in [-0.2, 0) is 16.1 Å². The lowest BCUT2D eigenvalue weighted by atomic mass is 9.91. The van der Waals surface area contributed by atoms with Gasteiger partial charge < -0.3 is 4.52 Å². The molecule has 0 aromatic carbocycles. The molecule has 0 saturated carbocycles. The highest BCUT2D eigenvalue weighted by Gasteiger charge is 2.30. The molecular formula is C17H18N2O3S2. The van der Waals surface area contributed by atoms with Crippen LogP contribution in [0.2, 0.25) is 0 Å². The zero-order valence-electron chi connectivity index (χ0n) is 13.7. The van der Waals surface area contributed by atoms with Crippen molar-refractivity contribution in [3.63, 3.8) is 0 Å². The van der Waals surface area contributed by atoms with Gasteiger partial charge in [-0.25, -0.2) is 0 Å². The molecule has 0 bridgehead atoms. The molecule has 0 aliphatic carbocycles. The zero-order valence-corrected chi connectivity index (χ0v) is 15.4. The van der Waals surface area contributed by atoms with Crippen molar-refractivity contribution < 1.29 is 14.1 Å². The summed E-state index contributed by atoms with van der Waals surface area (Å²) >= 11 is 2.96. The fourth-order valence-electron chi connectivity index (χ4n) is 2.11. The van der Waals surface area contributed by atoms with Crippen LogP contribution in [0.15, 0.2) is 39.2 Å². The summed E-state index contributed by atoms with van der Waals surface area (Å²) in [4.78, 5) is 27.0. The number of nitrogens with zero attached hydrogens (tertiary/aromatic N) is 2. The van der Waals surface area contributed by atoms with Gasteiger partial charge in [0.1, 0.15) is 5.69 Å². The van der Waals surface area contributed by atoms with E-state index in [1.54, 1.807) is 22.3 Å². The smallest absolute Gasteiger partial charge is 0.238 e. The third-order valence-electron chi connectivity index (χ3n) is 3.55. The van der Waals surface area contributed by atoms with E-state index >= 15 is 0 Å². The van der Waals surface area contributed by atoms with Crippen LogP contribution in [-0.4, -0.2) is 27.5 Å². The summed E-state index contributed by atoms with van der Waals surface area (Å²) in [6.45, 7) is 5.90. The molecule has 3 heterocycles. The topological polar surface area (TPSA) is 63.4 Å². The van der Waals surface area contributed by atoms with Crippen molar-refractivity contribution in [1.82, 2.24) is 10.1 Å². The molecule has 0 radical (unpaired) electrons. The normalized spacial score (nSPS) is 17.0. The third kappa shape index (κ3) is 3.62. The minimum atomic E-state index is -0.467. The monoisotopic (exact) mass is 362 g/mol. The number of rotatable bonds is 4. The van der Waals surface area contributed by atoms with Crippen molar-refractivity contribution in [2.75, 3.05) is 5.75 Å². The van der Waals surface area contributed by atoms with Gasteiger partial charge in [-0.05, 0) is 11.4 Å². The number of ketones is 1. The van der Waals surface area contributed by atoms with Gasteiger partial charge in [0.25, 0.3) is 0 Å². The number of thiophene rings is 1. The molecule has 0 N–H and O–H groups in total. The summed E-state index contributed by atoms with van der Waals surface area (Å²) in [6.07, 6.45) is 1.57. The van der Waals surface area contributed by atoms with Gasteiger partial charge in [-0.15, -0.1) is 11.3 Å². The SMILES string of the molecule is CC(C)(C)C(=O)/C=C1\SCC(=O)N1Cc1cc(-c2cccs2)on1. The highest BCUT2D eigenvalue weighted by molar-refractivity contribution is 8.04. The van der Waals surface area contributed by atoms with E-state index in [9.17, 15) is 9.59 Å². The van der Waals surface area contributed by atoms with Crippen LogP contribution in [0.25, 0.3) is 10.6 Å². The summed E-state index contributed by atoms with van der Waals surface area (Å²) in [5.41, 5.74) is 0.203. The molecule has 0 atom stereocenters. The Morgan fingerprint density at radius 1 is 1.46 bits per heavy atom. The Hall–Kier alpha value is -1.86. The number of hydrogen-bond donors (Lipinski definition) is 0. The molecule has 3 rings (SSSR count). The number of allylic oxidation sites excluding steroid dienone is 1. The lowest BCUT2D eigenvalue weighted by Gasteiger charge is -2.18.